The van der Waals surface area contributed by atoms with E-state index in [4.69, 9.17) is 24.1 Å². The van der Waals surface area contributed by atoms with Crippen molar-refractivity contribution in [3.8, 4) is 45.5 Å². The average Bonchev–Trinajstić information content (AvgIpc) is 2.96. The first-order chi connectivity index (χ1) is 17.6. The maximum Gasteiger partial charge on any atom is 2.00 e. The van der Waals surface area contributed by atoms with E-state index < -0.39 is 0 Å². The predicted molar refractivity (Wildman–Crippen MR) is 135 cm³/mol. The van der Waals surface area contributed by atoms with E-state index in [1.807, 2.05) is 12.1 Å². The SMILES string of the molecule is COc1c[c-]c(-c2cc(CO)ccn2)cc1CO.COc1ccnc(-c2[c-]cc(OC)c(OC)c2)c1.[Pt+2]. The van der Waals surface area contributed by atoms with Crippen LogP contribution >= 0.6 is 0 Å². The van der Waals surface area contributed by atoms with Crippen molar-refractivity contribution in [1.29, 1.82) is 0 Å². The molecule has 0 fully saturated rings. The molecule has 0 aliphatic rings. The van der Waals surface area contributed by atoms with E-state index in [0.717, 1.165) is 28.1 Å². The van der Waals surface area contributed by atoms with Gasteiger partial charge in [0, 0.05) is 18.1 Å². The van der Waals surface area contributed by atoms with Gasteiger partial charge in [0.25, 0.3) is 0 Å². The number of aliphatic hydroxyl groups excluding tert-OH is 2. The van der Waals surface area contributed by atoms with Gasteiger partial charge < -0.3 is 39.1 Å². The quantitative estimate of drug-likeness (QED) is 0.268. The van der Waals surface area contributed by atoms with Crippen LogP contribution < -0.4 is 18.9 Å². The van der Waals surface area contributed by atoms with Gasteiger partial charge in [-0.2, -0.15) is 0 Å². The molecule has 0 radical (unpaired) electrons. The number of aromatic nitrogens is 2. The molecule has 4 aromatic rings. The second kappa shape index (κ2) is 15.0. The minimum absolute atomic E-state index is 0. The van der Waals surface area contributed by atoms with E-state index in [1.54, 1.807) is 77.2 Å². The molecule has 9 heteroatoms. The Labute approximate surface area is 231 Å². The summed E-state index contributed by atoms with van der Waals surface area (Å²) in [4.78, 5) is 8.50. The van der Waals surface area contributed by atoms with E-state index >= 15 is 0 Å². The van der Waals surface area contributed by atoms with Gasteiger partial charge in [-0.15, -0.1) is 41.5 Å². The summed E-state index contributed by atoms with van der Waals surface area (Å²) in [6, 6.07) is 20.4. The van der Waals surface area contributed by atoms with Crippen molar-refractivity contribution in [1.82, 2.24) is 9.97 Å². The molecule has 196 valence electrons. The van der Waals surface area contributed by atoms with Crippen LogP contribution in [0.1, 0.15) is 11.1 Å². The molecule has 0 saturated heterocycles. The first kappa shape index (κ1) is 29.8. The Morgan fingerprint density at radius 1 is 0.676 bits per heavy atom. The number of aliphatic hydroxyl groups is 2. The van der Waals surface area contributed by atoms with Crippen LogP contribution in [-0.4, -0.2) is 48.6 Å². The number of rotatable bonds is 8. The summed E-state index contributed by atoms with van der Waals surface area (Å²) in [5, 5.41) is 18.4. The number of methoxy groups -OCH3 is 4. The monoisotopic (exact) mass is 683 g/mol. The fraction of sp³-hybridized carbons (Fsp3) is 0.214. The zero-order valence-electron chi connectivity index (χ0n) is 20.9. The van der Waals surface area contributed by atoms with E-state index in [9.17, 15) is 5.11 Å². The van der Waals surface area contributed by atoms with Crippen molar-refractivity contribution in [3.05, 3.63) is 84.2 Å². The first-order valence-corrected chi connectivity index (χ1v) is 11.0. The van der Waals surface area contributed by atoms with Crippen LogP contribution in [0.3, 0.4) is 0 Å². The molecule has 8 nitrogen and oxygen atoms in total. The molecule has 0 spiro atoms. The Balaban J connectivity index is 0.000000253. The summed E-state index contributed by atoms with van der Waals surface area (Å²) >= 11 is 0. The largest absolute Gasteiger partial charge is 2.00 e. The van der Waals surface area contributed by atoms with Crippen molar-refractivity contribution >= 4 is 0 Å². The van der Waals surface area contributed by atoms with E-state index in [1.165, 1.54) is 0 Å². The van der Waals surface area contributed by atoms with Crippen LogP contribution in [0.5, 0.6) is 23.0 Å². The third-order valence-corrected chi connectivity index (χ3v) is 5.23. The van der Waals surface area contributed by atoms with E-state index in [-0.39, 0.29) is 34.3 Å². The zero-order chi connectivity index (χ0) is 25.9. The minimum Gasteiger partial charge on any atom is -0.540 e. The smallest absolute Gasteiger partial charge is 0.540 e. The van der Waals surface area contributed by atoms with Gasteiger partial charge >= 0.3 is 21.1 Å². The normalized spacial score (nSPS) is 9.89. The minimum atomic E-state index is -0.107. The van der Waals surface area contributed by atoms with Crippen molar-refractivity contribution < 1.29 is 50.2 Å². The summed E-state index contributed by atoms with van der Waals surface area (Å²) in [5.41, 5.74) is 4.54. The molecular formula is C28H28N2O6Pt. The number of nitrogens with zero attached hydrogens (tertiary/aromatic N) is 2. The Morgan fingerprint density at radius 2 is 1.27 bits per heavy atom. The molecule has 4 rings (SSSR count). The van der Waals surface area contributed by atoms with Gasteiger partial charge in [-0.05, 0) is 35.2 Å². The number of hydrogen-bond acceptors (Lipinski definition) is 8. The Hall–Kier alpha value is -3.45. The Kier molecular flexibility index (Phi) is 12.0. The van der Waals surface area contributed by atoms with Gasteiger partial charge in [0.2, 0.25) is 0 Å². The van der Waals surface area contributed by atoms with Crippen LogP contribution in [0.15, 0.2) is 60.9 Å². The number of ether oxygens (including phenoxy) is 4. The Morgan fingerprint density at radius 3 is 1.86 bits per heavy atom. The topological polar surface area (TPSA) is 103 Å². The van der Waals surface area contributed by atoms with Gasteiger partial charge in [0.05, 0.1) is 53.2 Å². The van der Waals surface area contributed by atoms with Crippen LogP contribution in [0.2, 0.25) is 0 Å². The second-order valence-corrected chi connectivity index (χ2v) is 7.37. The van der Waals surface area contributed by atoms with Crippen LogP contribution in [0.25, 0.3) is 22.5 Å². The van der Waals surface area contributed by atoms with Crippen LogP contribution in [-0.2, 0) is 34.3 Å². The molecule has 2 aromatic heterocycles. The summed E-state index contributed by atoms with van der Waals surface area (Å²) in [6.07, 6.45) is 3.33. The molecule has 0 amide bonds. The second-order valence-electron chi connectivity index (χ2n) is 7.37. The number of hydrogen-bond donors (Lipinski definition) is 2. The fourth-order valence-corrected chi connectivity index (χ4v) is 3.32. The molecule has 0 unspecified atom stereocenters. The van der Waals surface area contributed by atoms with Crippen molar-refractivity contribution in [2.75, 3.05) is 28.4 Å². The van der Waals surface area contributed by atoms with Crippen molar-refractivity contribution in [3.63, 3.8) is 0 Å². The molecule has 2 N–H and O–H groups in total. The standard InChI is InChI=1S/2C14H14NO3.Pt/c1-16-11-6-7-15-12(9-11)10-4-5-13(17-2)14(8-10)18-3;1-18-14-3-2-11(7-12(14)9-17)13-6-10(8-16)4-5-15-13;/h5-9H,1-3H3;3-7,16-17H,8-9H2,1H3;/q2*-1;+2. The van der Waals surface area contributed by atoms with Crippen LogP contribution in [0, 0.1) is 12.1 Å². The number of pyridine rings is 2. The predicted octanol–water partition coefficient (Wildman–Crippen LogP) is 4.11. The molecule has 0 saturated carbocycles. The molecule has 2 heterocycles. The van der Waals surface area contributed by atoms with E-state index in [0.29, 0.717) is 28.5 Å². The maximum absolute atomic E-state index is 9.27. The zero-order valence-corrected chi connectivity index (χ0v) is 23.2. The van der Waals surface area contributed by atoms with Gasteiger partial charge in [-0.25, -0.2) is 0 Å². The molecule has 0 bridgehead atoms. The van der Waals surface area contributed by atoms with Gasteiger partial charge in [-0.1, -0.05) is 17.7 Å². The van der Waals surface area contributed by atoms with E-state index in [2.05, 4.69) is 22.1 Å². The third-order valence-electron chi connectivity index (χ3n) is 5.23. The maximum atomic E-state index is 9.27. The average molecular weight is 684 g/mol. The number of benzene rings is 2. The molecule has 0 aliphatic heterocycles. The van der Waals surface area contributed by atoms with Gasteiger partial charge in [0.1, 0.15) is 5.75 Å². The summed E-state index contributed by atoms with van der Waals surface area (Å²) in [5.74, 6) is 2.64. The third kappa shape index (κ3) is 7.76. The molecule has 37 heavy (non-hydrogen) atoms. The molecule has 2 aromatic carbocycles. The van der Waals surface area contributed by atoms with Crippen molar-refractivity contribution in [2.45, 2.75) is 13.2 Å². The molecule has 0 aliphatic carbocycles. The summed E-state index contributed by atoms with van der Waals surface area (Å²) in [7, 11) is 6.36. The van der Waals surface area contributed by atoms with Gasteiger partial charge in [0.15, 0.2) is 0 Å². The van der Waals surface area contributed by atoms with Gasteiger partial charge in [-0.3, -0.25) is 0 Å². The molecule has 0 atom stereocenters. The summed E-state index contributed by atoms with van der Waals surface area (Å²) < 4.78 is 20.7. The van der Waals surface area contributed by atoms with Crippen molar-refractivity contribution in [2.24, 2.45) is 0 Å². The fourth-order valence-electron chi connectivity index (χ4n) is 3.32. The van der Waals surface area contributed by atoms with Crippen LogP contribution in [0.4, 0.5) is 0 Å². The molecular weight excluding hydrogens is 655 g/mol. The summed E-state index contributed by atoms with van der Waals surface area (Å²) in [6.45, 7) is -0.136. The first-order valence-electron chi connectivity index (χ1n) is 11.0. The Bertz CT molecular complexity index is 1190.